The Morgan fingerprint density at radius 3 is 2.58 bits per heavy atom. The molecular weight excluding hydrogens is 317 g/mol. The molecule has 24 heavy (non-hydrogen) atoms. The molecule has 0 spiro atoms. The van der Waals surface area contributed by atoms with E-state index in [1.807, 2.05) is 5.06 Å². The van der Waals surface area contributed by atoms with Gasteiger partial charge in [-0.1, -0.05) is 6.07 Å². The quantitative estimate of drug-likeness (QED) is 0.881. The first kappa shape index (κ1) is 15.3. The molecule has 7 nitrogen and oxygen atoms in total. The van der Waals surface area contributed by atoms with Crippen LogP contribution < -0.4 is 10.6 Å². The van der Waals surface area contributed by atoms with Crippen molar-refractivity contribution in [2.75, 3.05) is 31.6 Å². The zero-order valence-electron chi connectivity index (χ0n) is 13.1. The Labute approximate surface area is 138 Å². The molecule has 1 aromatic rings. The number of benzene rings is 1. The lowest BCUT2D eigenvalue weighted by Crippen LogP contribution is -2.32. The molecule has 2 aliphatic heterocycles. The van der Waals surface area contributed by atoms with Crippen LogP contribution in [0, 0.1) is 17.7 Å². The highest BCUT2D eigenvalue weighted by Crippen LogP contribution is 2.58. The number of halogens is 1. The zero-order valence-corrected chi connectivity index (χ0v) is 13.1. The lowest BCUT2D eigenvalue weighted by Gasteiger charge is -2.17. The average Bonchev–Trinajstić information content (AvgIpc) is 2.90. The maximum Gasteiger partial charge on any atom is 0.415 e. The maximum absolute atomic E-state index is 14.5. The van der Waals surface area contributed by atoms with Gasteiger partial charge in [-0.05, 0) is 35.4 Å². The number of hydrogen-bond donors (Lipinski definition) is 1. The number of rotatable bonds is 4. The molecule has 3 aliphatic rings. The van der Waals surface area contributed by atoms with Gasteiger partial charge in [-0.3, -0.25) is 9.69 Å². The van der Waals surface area contributed by atoms with Crippen LogP contribution in [0.1, 0.15) is 11.5 Å². The maximum atomic E-state index is 14.5. The minimum atomic E-state index is -0.997. The van der Waals surface area contributed by atoms with Gasteiger partial charge in [0, 0.05) is 13.1 Å². The molecular formula is C16H18FN3O4. The highest BCUT2D eigenvalue weighted by atomic mass is 19.1. The summed E-state index contributed by atoms with van der Waals surface area (Å²) in [4.78, 5) is 29.4. The third kappa shape index (κ3) is 2.33. The van der Waals surface area contributed by atoms with E-state index in [1.165, 1.54) is 11.0 Å². The normalized spacial score (nSPS) is 31.9. The molecule has 1 aromatic carbocycles. The van der Waals surface area contributed by atoms with E-state index in [0.717, 1.165) is 13.1 Å². The molecule has 2 saturated heterocycles. The summed E-state index contributed by atoms with van der Waals surface area (Å²) in [6.45, 7) is 1.63. The summed E-state index contributed by atoms with van der Waals surface area (Å²) < 4.78 is 19.4. The van der Waals surface area contributed by atoms with Gasteiger partial charge < -0.3 is 15.3 Å². The number of ether oxygens (including phenoxy) is 1. The highest BCUT2D eigenvalue weighted by Gasteiger charge is 2.57. The van der Waals surface area contributed by atoms with E-state index in [4.69, 9.17) is 15.3 Å². The van der Waals surface area contributed by atoms with Crippen molar-refractivity contribution >= 4 is 17.7 Å². The number of nitrogens with two attached hydrogens (primary N) is 1. The largest absolute Gasteiger partial charge is 0.434 e. The van der Waals surface area contributed by atoms with Crippen LogP contribution >= 0.6 is 0 Å². The van der Waals surface area contributed by atoms with Gasteiger partial charge in [0.2, 0.25) is 0 Å². The Balaban J connectivity index is 1.50. The van der Waals surface area contributed by atoms with Crippen molar-refractivity contribution in [1.29, 1.82) is 0 Å². The Kier molecular flexibility index (Phi) is 3.47. The van der Waals surface area contributed by atoms with E-state index in [9.17, 15) is 14.0 Å². The molecule has 2 heterocycles. The SMILES string of the molecule is CON1C[C@@H]2C(c3ccc(N4C[C@H](C(N)=O)OC4=O)cc3F)[C@@H]2C1. The van der Waals surface area contributed by atoms with E-state index >= 15 is 0 Å². The van der Waals surface area contributed by atoms with Crippen LogP contribution in [-0.4, -0.2) is 49.9 Å². The lowest BCUT2D eigenvalue weighted by atomic mass is 10.1. The molecule has 1 unspecified atom stereocenters. The first-order chi connectivity index (χ1) is 11.5. The van der Waals surface area contributed by atoms with Gasteiger partial charge in [-0.25, -0.2) is 9.18 Å². The Hall–Kier alpha value is -2.19. The van der Waals surface area contributed by atoms with Crippen LogP contribution in [0.3, 0.4) is 0 Å². The van der Waals surface area contributed by atoms with Gasteiger partial charge in [0.05, 0.1) is 19.3 Å². The van der Waals surface area contributed by atoms with Crippen molar-refractivity contribution < 1.29 is 23.6 Å². The minimum Gasteiger partial charge on any atom is -0.434 e. The van der Waals surface area contributed by atoms with Gasteiger partial charge in [0.1, 0.15) is 5.82 Å². The topological polar surface area (TPSA) is 85.1 Å². The van der Waals surface area contributed by atoms with Crippen molar-refractivity contribution in [3.8, 4) is 0 Å². The number of amides is 2. The molecule has 4 atom stereocenters. The summed E-state index contributed by atoms with van der Waals surface area (Å²) in [5, 5.41) is 1.89. The molecule has 4 rings (SSSR count). The molecule has 2 amide bonds. The molecule has 0 bridgehead atoms. The predicted molar refractivity (Wildman–Crippen MR) is 81.5 cm³/mol. The Morgan fingerprint density at radius 1 is 1.33 bits per heavy atom. The zero-order chi connectivity index (χ0) is 17.0. The number of cyclic esters (lactones) is 1. The second-order valence-corrected chi connectivity index (χ2v) is 6.47. The Bertz CT molecular complexity index is 701. The van der Waals surface area contributed by atoms with Crippen molar-refractivity contribution in [2.45, 2.75) is 12.0 Å². The monoisotopic (exact) mass is 335 g/mol. The van der Waals surface area contributed by atoms with Gasteiger partial charge in [0.25, 0.3) is 5.91 Å². The fourth-order valence-electron chi connectivity index (χ4n) is 3.87. The molecule has 128 valence electrons. The van der Waals surface area contributed by atoms with Gasteiger partial charge in [0.15, 0.2) is 6.10 Å². The summed E-state index contributed by atoms with van der Waals surface area (Å²) in [6.07, 6.45) is -1.69. The third-order valence-electron chi connectivity index (χ3n) is 5.20. The van der Waals surface area contributed by atoms with Crippen LogP contribution in [0.5, 0.6) is 0 Å². The van der Waals surface area contributed by atoms with Gasteiger partial charge in [-0.15, -0.1) is 0 Å². The molecule has 1 aliphatic carbocycles. The van der Waals surface area contributed by atoms with E-state index < -0.39 is 18.1 Å². The van der Waals surface area contributed by atoms with Crippen LogP contribution in [0.25, 0.3) is 0 Å². The lowest BCUT2D eigenvalue weighted by molar-refractivity contribution is -0.124. The molecule has 0 radical (unpaired) electrons. The Morgan fingerprint density at radius 2 is 2.04 bits per heavy atom. The number of carbonyl (C=O) groups is 2. The van der Waals surface area contributed by atoms with Crippen LogP contribution in [-0.2, 0) is 14.4 Å². The van der Waals surface area contributed by atoms with Crippen LogP contribution in [0.4, 0.5) is 14.9 Å². The fraction of sp³-hybridized carbons (Fsp3) is 0.500. The average molecular weight is 335 g/mol. The fourth-order valence-corrected chi connectivity index (χ4v) is 3.87. The number of carbonyl (C=O) groups excluding carboxylic acids is 2. The second-order valence-electron chi connectivity index (χ2n) is 6.47. The number of fused-ring (bicyclic) bond motifs is 1. The van der Waals surface area contributed by atoms with E-state index in [-0.39, 0.29) is 18.3 Å². The van der Waals surface area contributed by atoms with E-state index in [1.54, 1.807) is 19.2 Å². The number of primary amides is 1. The number of hydroxylamine groups is 2. The smallest absolute Gasteiger partial charge is 0.415 e. The van der Waals surface area contributed by atoms with Crippen molar-refractivity contribution in [2.24, 2.45) is 17.6 Å². The standard InChI is InChI=1S/C16H18FN3O4/c1-23-19-5-10-11(6-19)14(10)9-3-2-8(4-12(9)17)20-7-13(15(18)21)24-16(20)22/h2-4,10-11,13-14H,5-7H2,1H3,(H2,18,21)/t10-,11+,13-,14?/m1/s1. The van der Waals surface area contributed by atoms with Crippen LogP contribution in [0.15, 0.2) is 18.2 Å². The van der Waals surface area contributed by atoms with Crippen molar-refractivity contribution in [3.05, 3.63) is 29.6 Å². The van der Waals surface area contributed by atoms with Crippen LogP contribution in [0.2, 0.25) is 0 Å². The highest BCUT2D eigenvalue weighted by molar-refractivity contribution is 5.95. The molecule has 8 heteroatoms. The van der Waals surface area contributed by atoms with E-state index in [0.29, 0.717) is 23.1 Å². The summed E-state index contributed by atoms with van der Waals surface area (Å²) >= 11 is 0. The summed E-state index contributed by atoms with van der Waals surface area (Å²) in [7, 11) is 1.64. The van der Waals surface area contributed by atoms with Crippen molar-refractivity contribution in [1.82, 2.24) is 5.06 Å². The number of nitrogens with zero attached hydrogens (tertiary/aromatic N) is 2. The predicted octanol–water partition coefficient (Wildman–Crippen LogP) is 0.843. The number of anilines is 1. The first-order valence-corrected chi connectivity index (χ1v) is 7.85. The summed E-state index contributed by atoms with van der Waals surface area (Å²) in [5.74, 6) is -0.0143. The second kappa shape index (κ2) is 5.42. The third-order valence-corrected chi connectivity index (χ3v) is 5.20. The molecule has 1 saturated carbocycles. The van der Waals surface area contributed by atoms with Gasteiger partial charge in [-0.2, -0.15) is 5.06 Å². The molecule has 0 aromatic heterocycles. The van der Waals surface area contributed by atoms with Gasteiger partial charge >= 0.3 is 6.09 Å². The molecule has 2 N–H and O–H groups in total. The summed E-state index contributed by atoms with van der Waals surface area (Å²) in [6, 6.07) is 4.73. The number of hydrogen-bond acceptors (Lipinski definition) is 5. The number of piperidine rings is 1. The first-order valence-electron chi connectivity index (χ1n) is 7.85. The minimum absolute atomic E-state index is 0.00440. The van der Waals surface area contributed by atoms with Crippen molar-refractivity contribution in [3.63, 3.8) is 0 Å². The summed E-state index contributed by atoms with van der Waals surface area (Å²) in [5.41, 5.74) is 6.19. The molecule has 3 fully saturated rings. The van der Waals surface area contributed by atoms with E-state index in [2.05, 4.69) is 0 Å².